The number of halogens is 2. The fraction of sp³-hybridized carbons (Fsp3) is 0.294. The van der Waals surface area contributed by atoms with Gasteiger partial charge >= 0.3 is 0 Å². The minimum absolute atomic E-state index is 0.00805. The molecule has 2 heterocycles. The topological polar surface area (TPSA) is 55.4 Å². The number of fused-ring (bicyclic) bond motifs is 3. The van der Waals surface area contributed by atoms with Gasteiger partial charge in [0.1, 0.15) is 11.9 Å². The Morgan fingerprint density at radius 3 is 2.83 bits per heavy atom. The van der Waals surface area contributed by atoms with Crippen LogP contribution in [0.3, 0.4) is 0 Å². The molecule has 4 rings (SSSR count). The molecule has 0 radical (unpaired) electrons. The molecule has 126 valence electrons. The van der Waals surface area contributed by atoms with Gasteiger partial charge in [0.25, 0.3) is 0 Å². The van der Waals surface area contributed by atoms with E-state index in [-0.39, 0.29) is 25.9 Å². The van der Waals surface area contributed by atoms with Crippen LogP contribution in [0.15, 0.2) is 46.2 Å². The number of nitrogens with one attached hydrogen (secondary N) is 1. The molecule has 0 spiro atoms. The van der Waals surface area contributed by atoms with Gasteiger partial charge in [-0.3, -0.25) is 0 Å². The SMILES string of the molecule is O=S(=O)(c1ccc2c(c1)O[C@H]1CNCC[C@@H]21)c1cccc(Cl)c1Cl. The number of benzene rings is 2. The van der Waals surface area contributed by atoms with Crippen LogP contribution in [0.2, 0.25) is 10.0 Å². The van der Waals surface area contributed by atoms with Gasteiger partial charge in [-0.25, -0.2) is 8.42 Å². The van der Waals surface area contributed by atoms with Crippen LogP contribution in [0, 0.1) is 0 Å². The molecule has 4 nitrogen and oxygen atoms in total. The van der Waals surface area contributed by atoms with Gasteiger partial charge in [0.2, 0.25) is 9.84 Å². The fourth-order valence-electron chi connectivity index (χ4n) is 3.38. The maximum atomic E-state index is 12.9. The molecule has 0 unspecified atom stereocenters. The second-order valence-electron chi connectivity index (χ2n) is 6.01. The molecule has 24 heavy (non-hydrogen) atoms. The molecule has 2 aliphatic rings. The van der Waals surface area contributed by atoms with Crippen molar-refractivity contribution in [2.45, 2.75) is 28.2 Å². The summed E-state index contributed by atoms with van der Waals surface area (Å²) in [6.45, 7) is 1.73. The summed E-state index contributed by atoms with van der Waals surface area (Å²) < 4.78 is 31.8. The zero-order valence-corrected chi connectivity index (χ0v) is 15.0. The van der Waals surface area contributed by atoms with Gasteiger partial charge in [0.15, 0.2) is 0 Å². The summed E-state index contributed by atoms with van der Waals surface area (Å²) in [7, 11) is -3.76. The number of hydrogen-bond donors (Lipinski definition) is 1. The van der Waals surface area contributed by atoms with E-state index in [1.54, 1.807) is 24.3 Å². The lowest BCUT2D eigenvalue weighted by molar-refractivity contribution is 0.176. The largest absolute Gasteiger partial charge is 0.488 e. The second-order valence-corrected chi connectivity index (χ2v) is 8.71. The van der Waals surface area contributed by atoms with E-state index < -0.39 is 9.84 Å². The lowest BCUT2D eigenvalue weighted by Gasteiger charge is -2.24. The van der Waals surface area contributed by atoms with Crippen molar-refractivity contribution >= 4 is 33.0 Å². The zero-order valence-electron chi connectivity index (χ0n) is 12.6. The second kappa shape index (κ2) is 5.92. The highest BCUT2D eigenvalue weighted by molar-refractivity contribution is 7.91. The average Bonchev–Trinajstić information content (AvgIpc) is 2.95. The third-order valence-corrected chi connectivity index (χ3v) is 7.33. The van der Waals surface area contributed by atoms with Crippen molar-refractivity contribution in [3.8, 4) is 5.75 Å². The van der Waals surface area contributed by atoms with Crippen molar-refractivity contribution in [2.75, 3.05) is 13.1 Å². The molecular weight excluding hydrogens is 369 g/mol. The molecule has 2 aromatic carbocycles. The van der Waals surface area contributed by atoms with E-state index in [9.17, 15) is 8.42 Å². The Labute approximate surface area is 150 Å². The van der Waals surface area contributed by atoms with E-state index in [2.05, 4.69) is 5.32 Å². The highest BCUT2D eigenvalue weighted by Gasteiger charge is 2.37. The van der Waals surface area contributed by atoms with E-state index in [1.165, 1.54) is 6.07 Å². The molecule has 2 aliphatic heterocycles. The maximum Gasteiger partial charge on any atom is 0.208 e. The first-order valence-corrected chi connectivity index (χ1v) is 9.93. The van der Waals surface area contributed by atoms with Crippen LogP contribution >= 0.6 is 23.2 Å². The Morgan fingerprint density at radius 1 is 1.17 bits per heavy atom. The van der Waals surface area contributed by atoms with E-state index >= 15 is 0 Å². The molecule has 2 aromatic rings. The van der Waals surface area contributed by atoms with Crippen LogP contribution in [-0.4, -0.2) is 27.6 Å². The lowest BCUT2D eigenvalue weighted by Crippen LogP contribution is -2.39. The Kier molecular flexibility index (Phi) is 4.00. The van der Waals surface area contributed by atoms with E-state index in [4.69, 9.17) is 27.9 Å². The number of ether oxygens (including phenoxy) is 1. The Morgan fingerprint density at radius 2 is 2.00 bits per heavy atom. The smallest absolute Gasteiger partial charge is 0.208 e. The Balaban J connectivity index is 1.77. The molecule has 0 saturated carbocycles. The van der Waals surface area contributed by atoms with Gasteiger partial charge in [-0.1, -0.05) is 35.3 Å². The Bertz CT molecular complexity index is 914. The average molecular weight is 384 g/mol. The Hall–Kier alpha value is -1.27. The summed E-state index contributed by atoms with van der Waals surface area (Å²) in [5, 5.41) is 3.56. The van der Waals surface area contributed by atoms with E-state index in [0.717, 1.165) is 25.1 Å². The van der Waals surface area contributed by atoms with Crippen molar-refractivity contribution < 1.29 is 13.2 Å². The number of sulfone groups is 1. The summed E-state index contributed by atoms with van der Waals surface area (Å²) in [6.07, 6.45) is 1.06. The van der Waals surface area contributed by atoms with Crippen LogP contribution < -0.4 is 10.1 Å². The molecule has 0 aliphatic carbocycles. The predicted molar refractivity (Wildman–Crippen MR) is 93.0 cm³/mol. The lowest BCUT2D eigenvalue weighted by atomic mass is 9.90. The van der Waals surface area contributed by atoms with Crippen LogP contribution in [0.1, 0.15) is 17.9 Å². The van der Waals surface area contributed by atoms with Gasteiger partial charge in [-0.05, 0) is 37.2 Å². The van der Waals surface area contributed by atoms with Gasteiger partial charge in [-0.2, -0.15) is 0 Å². The summed E-state index contributed by atoms with van der Waals surface area (Å²) in [5.74, 6) is 0.973. The highest BCUT2D eigenvalue weighted by atomic mass is 35.5. The predicted octanol–water partition coefficient (Wildman–Crippen LogP) is 3.66. The van der Waals surface area contributed by atoms with Gasteiger partial charge in [-0.15, -0.1) is 0 Å². The first-order valence-electron chi connectivity index (χ1n) is 7.69. The molecule has 1 fully saturated rings. The van der Waals surface area contributed by atoms with E-state index in [1.807, 2.05) is 6.07 Å². The molecule has 1 saturated heterocycles. The van der Waals surface area contributed by atoms with Crippen LogP contribution in [-0.2, 0) is 9.84 Å². The van der Waals surface area contributed by atoms with Crippen molar-refractivity contribution in [1.29, 1.82) is 0 Å². The summed E-state index contributed by atoms with van der Waals surface area (Å²) in [5.41, 5.74) is 1.08. The highest BCUT2D eigenvalue weighted by Crippen LogP contribution is 2.43. The van der Waals surface area contributed by atoms with Crippen LogP contribution in [0.4, 0.5) is 0 Å². The maximum absolute atomic E-state index is 12.9. The standard InChI is InChI=1S/C17H15Cl2NO3S/c18-13-2-1-3-16(17(13)19)24(21,22)10-4-5-11-12-6-7-20-9-15(12)23-14(11)8-10/h1-5,8,12,15,20H,6-7,9H2/t12-,15-/m0/s1. The van der Waals surface area contributed by atoms with Gasteiger partial charge in [0, 0.05) is 18.0 Å². The third kappa shape index (κ3) is 2.51. The molecule has 0 aromatic heterocycles. The molecule has 0 amide bonds. The molecule has 2 atom stereocenters. The number of hydrogen-bond acceptors (Lipinski definition) is 4. The third-order valence-electron chi connectivity index (χ3n) is 4.61. The minimum Gasteiger partial charge on any atom is -0.488 e. The minimum atomic E-state index is -3.76. The zero-order chi connectivity index (χ0) is 16.9. The molecule has 7 heteroatoms. The van der Waals surface area contributed by atoms with Gasteiger partial charge in [0.05, 0.1) is 19.8 Å². The first kappa shape index (κ1) is 16.2. The summed E-state index contributed by atoms with van der Waals surface area (Å²) in [4.78, 5) is 0.172. The quantitative estimate of drug-likeness (QED) is 0.859. The van der Waals surface area contributed by atoms with E-state index in [0.29, 0.717) is 11.7 Å². The summed E-state index contributed by atoms with van der Waals surface area (Å²) in [6, 6.07) is 9.68. The van der Waals surface area contributed by atoms with Gasteiger partial charge < -0.3 is 10.1 Å². The molecule has 0 bridgehead atoms. The normalized spacial score (nSPS) is 22.6. The van der Waals surface area contributed by atoms with Crippen molar-refractivity contribution in [3.05, 3.63) is 52.0 Å². The first-order chi connectivity index (χ1) is 11.5. The van der Waals surface area contributed by atoms with Crippen LogP contribution in [0.5, 0.6) is 5.75 Å². The number of piperidine rings is 1. The fourth-order valence-corrected chi connectivity index (χ4v) is 5.41. The van der Waals surface area contributed by atoms with Crippen molar-refractivity contribution in [1.82, 2.24) is 5.32 Å². The van der Waals surface area contributed by atoms with Crippen LogP contribution in [0.25, 0.3) is 0 Å². The number of rotatable bonds is 2. The monoisotopic (exact) mass is 383 g/mol. The molecular formula is C17H15Cl2NO3S. The summed E-state index contributed by atoms with van der Waals surface area (Å²) >= 11 is 12.0. The molecule has 1 N–H and O–H groups in total. The van der Waals surface area contributed by atoms with Crippen molar-refractivity contribution in [3.63, 3.8) is 0 Å². The van der Waals surface area contributed by atoms with Crippen molar-refractivity contribution in [2.24, 2.45) is 0 Å².